The zero-order valence-electron chi connectivity index (χ0n) is 13.7. The Bertz CT molecular complexity index is 708. The Kier molecular flexibility index (Phi) is 8.11. The molecule has 0 aliphatic rings. The molecule has 0 saturated carbocycles. The van der Waals surface area contributed by atoms with Gasteiger partial charge in [0.15, 0.2) is 5.11 Å². The van der Waals surface area contributed by atoms with Gasteiger partial charge in [0.05, 0.1) is 35.4 Å². The Morgan fingerprint density at radius 3 is 2.96 bits per heavy atom. The van der Waals surface area contributed by atoms with Crippen LogP contribution < -0.4 is 10.6 Å². The first-order valence-corrected chi connectivity index (χ1v) is 9.57. The van der Waals surface area contributed by atoms with Crippen LogP contribution in [0.4, 0.5) is 5.69 Å². The molecule has 0 spiro atoms. The van der Waals surface area contributed by atoms with E-state index in [0.29, 0.717) is 21.4 Å². The van der Waals surface area contributed by atoms with E-state index in [1.165, 1.54) is 7.11 Å². The number of hydrogen-bond donors (Lipinski definition) is 2. The van der Waals surface area contributed by atoms with Crippen LogP contribution in [0.5, 0.6) is 0 Å². The molecule has 1 aromatic heterocycles. The lowest BCUT2D eigenvalue weighted by molar-refractivity contribution is 0.0601. The summed E-state index contributed by atoms with van der Waals surface area (Å²) in [7, 11) is 1.33. The van der Waals surface area contributed by atoms with Crippen molar-refractivity contribution in [2.75, 3.05) is 24.7 Å². The number of thioether (sulfide) groups is 1. The number of benzene rings is 1. The number of rotatable bonds is 8. The monoisotopic (exact) mass is 398 g/mol. The molecule has 8 heteroatoms. The SMILES string of the molecule is COC(=O)c1ccc(Cl)c(NC(=S)NCCCSCc2ccco2)c1. The Hall–Kier alpha value is -1.70. The number of furan rings is 1. The molecule has 2 N–H and O–H groups in total. The van der Waals surface area contributed by atoms with Gasteiger partial charge in [-0.15, -0.1) is 0 Å². The molecule has 1 heterocycles. The van der Waals surface area contributed by atoms with Gasteiger partial charge >= 0.3 is 5.97 Å². The molecule has 134 valence electrons. The van der Waals surface area contributed by atoms with Crippen molar-refractivity contribution in [3.05, 3.63) is 52.9 Å². The van der Waals surface area contributed by atoms with Crippen LogP contribution in [-0.4, -0.2) is 30.5 Å². The number of carbonyl (C=O) groups is 1. The number of nitrogens with one attached hydrogen (secondary N) is 2. The number of methoxy groups -OCH3 is 1. The Morgan fingerprint density at radius 2 is 2.24 bits per heavy atom. The zero-order chi connectivity index (χ0) is 18.1. The van der Waals surface area contributed by atoms with Crippen LogP contribution in [0.2, 0.25) is 5.02 Å². The number of carbonyl (C=O) groups excluding carboxylic acids is 1. The molecule has 0 atom stereocenters. The summed E-state index contributed by atoms with van der Waals surface area (Å²) >= 11 is 13.2. The molecule has 0 unspecified atom stereocenters. The van der Waals surface area contributed by atoms with Crippen LogP contribution in [0.25, 0.3) is 0 Å². The zero-order valence-corrected chi connectivity index (χ0v) is 16.1. The standard InChI is InChI=1S/C17H19ClN2O3S2/c1-22-16(21)12-5-6-14(18)15(10-12)20-17(24)19-7-3-9-25-11-13-4-2-8-23-13/h2,4-6,8,10H,3,7,9,11H2,1H3,(H2,19,20,24). The van der Waals surface area contributed by atoms with Gasteiger partial charge in [-0.2, -0.15) is 11.8 Å². The van der Waals surface area contributed by atoms with Gasteiger partial charge in [-0.05, 0) is 54.7 Å². The average Bonchev–Trinajstić information content (AvgIpc) is 3.12. The van der Waals surface area contributed by atoms with E-state index in [2.05, 4.69) is 10.6 Å². The van der Waals surface area contributed by atoms with Crippen LogP contribution in [0.3, 0.4) is 0 Å². The predicted octanol–water partition coefficient (Wildman–Crippen LogP) is 4.33. The van der Waals surface area contributed by atoms with E-state index in [1.807, 2.05) is 12.1 Å². The summed E-state index contributed by atoms with van der Waals surface area (Å²) in [6.07, 6.45) is 2.64. The molecule has 0 saturated heterocycles. The second-order valence-corrected chi connectivity index (χ2v) is 6.97. The third-order valence-corrected chi connectivity index (χ3v) is 4.85. The van der Waals surface area contributed by atoms with Gasteiger partial charge in [-0.1, -0.05) is 11.6 Å². The maximum atomic E-state index is 11.6. The lowest BCUT2D eigenvalue weighted by atomic mass is 10.2. The van der Waals surface area contributed by atoms with Crippen molar-refractivity contribution in [1.29, 1.82) is 0 Å². The Labute approximate surface area is 161 Å². The molecule has 1 aromatic carbocycles. The van der Waals surface area contributed by atoms with E-state index in [0.717, 1.165) is 30.2 Å². The van der Waals surface area contributed by atoms with Gasteiger partial charge in [0.25, 0.3) is 0 Å². The number of ether oxygens (including phenoxy) is 1. The molecule has 25 heavy (non-hydrogen) atoms. The number of esters is 1. The molecular formula is C17H19ClN2O3S2. The third-order valence-electron chi connectivity index (χ3n) is 3.21. The van der Waals surface area contributed by atoms with Gasteiger partial charge in [-0.3, -0.25) is 0 Å². The minimum atomic E-state index is -0.424. The fraction of sp³-hybridized carbons (Fsp3) is 0.294. The predicted molar refractivity (Wildman–Crippen MR) is 107 cm³/mol. The molecule has 0 fully saturated rings. The van der Waals surface area contributed by atoms with Crippen molar-refractivity contribution >= 4 is 52.3 Å². The van der Waals surface area contributed by atoms with Gasteiger partial charge in [-0.25, -0.2) is 4.79 Å². The second kappa shape index (κ2) is 10.3. The lowest BCUT2D eigenvalue weighted by Gasteiger charge is -2.12. The van der Waals surface area contributed by atoms with Gasteiger partial charge in [0.1, 0.15) is 5.76 Å². The third kappa shape index (κ3) is 6.61. The van der Waals surface area contributed by atoms with Crippen molar-refractivity contribution in [1.82, 2.24) is 5.32 Å². The molecule has 5 nitrogen and oxygen atoms in total. The summed E-state index contributed by atoms with van der Waals surface area (Å²) in [5.74, 6) is 2.42. The number of anilines is 1. The lowest BCUT2D eigenvalue weighted by Crippen LogP contribution is -2.29. The van der Waals surface area contributed by atoms with Gasteiger partial charge in [0.2, 0.25) is 0 Å². The quantitative estimate of drug-likeness (QED) is 0.389. The van der Waals surface area contributed by atoms with Crippen molar-refractivity contribution in [3.8, 4) is 0 Å². The maximum absolute atomic E-state index is 11.6. The highest BCUT2D eigenvalue weighted by atomic mass is 35.5. The fourth-order valence-electron chi connectivity index (χ4n) is 1.98. The number of thiocarbonyl (C=S) groups is 1. The van der Waals surface area contributed by atoms with Crippen molar-refractivity contribution in [3.63, 3.8) is 0 Å². The Morgan fingerprint density at radius 1 is 1.40 bits per heavy atom. The molecule has 2 rings (SSSR count). The summed E-state index contributed by atoms with van der Waals surface area (Å²) in [6, 6.07) is 8.70. The van der Waals surface area contributed by atoms with Gasteiger partial charge in [0, 0.05) is 6.54 Å². The van der Waals surface area contributed by atoms with E-state index >= 15 is 0 Å². The molecule has 0 aliphatic heterocycles. The van der Waals surface area contributed by atoms with E-state index < -0.39 is 5.97 Å². The molecule has 0 aliphatic carbocycles. The minimum absolute atomic E-state index is 0.409. The first-order valence-electron chi connectivity index (χ1n) is 7.63. The molecule has 0 amide bonds. The number of halogens is 1. The molecule has 0 bridgehead atoms. The minimum Gasteiger partial charge on any atom is -0.468 e. The fourth-order valence-corrected chi connectivity index (χ4v) is 3.21. The van der Waals surface area contributed by atoms with Crippen molar-refractivity contribution in [2.24, 2.45) is 0 Å². The smallest absolute Gasteiger partial charge is 0.337 e. The Balaban J connectivity index is 1.70. The highest BCUT2D eigenvalue weighted by Crippen LogP contribution is 2.23. The second-order valence-electron chi connectivity index (χ2n) is 5.05. The summed E-state index contributed by atoms with van der Waals surface area (Å²) in [5.41, 5.74) is 0.973. The van der Waals surface area contributed by atoms with E-state index in [9.17, 15) is 4.79 Å². The molecule has 0 radical (unpaired) electrons. The van der Waals surface area contributed by atoms with Crippen molar-refractivity contribution in [2.45, 2.75) is 12.2 Å². The summed E-state index contributed by atoms with van der Waals surface area (Å²) < 4.78 is 9.98. The summed E-state index contributed by atoms with van der Waals surface area (Å²) in [4.78, 5) is 11.6. The van der Waals surface area contributed by atoms with Crippen LogP contribution in [0, 0.1) is 0 Å². The first kappa shape index (κ1) is 19.6. The van der Waals surface area contributed by atoms with Crippen molar-refractivity contribution < 1.29 is 13.9 Å². The van der Waals surface area contributed by atoms with Crippen LogP contribution >= 0.6 is 35.6 Å². The van der Waals surface area contributed by atoms with Crippen LogP contribution in [0.1, 0.15) is 22.5 Å². The van der Waals surface area contributed by atoms with E-state index in [1.54, 1.807) is 36.2 Å². The normalized spacial score (nSPS) is 10.3. The molecular weight excluding hydrogens is 380 g/mol. The summed E-state index contributed by atoms with van der Waals surface area (Å²) in [5, 5.41) is 7.06. The topological polar surface area (TPSA) is 63.5 Å². The molecule has 2 aromatic rings. The highest BCUT2D eigenvalue weighted by Gasteiger charge is 2.09. The van der Waals surface area contributed by atoms with Gasteiger partial charge < -0.3 is 19.8 Å². The average molecular weight is 399 g/mol. The van der Waals surface area contributed by atoms with E-state index in [4.69, 9.17) is 33.0 Å². The maximum Gasteiger partial charge on any atom is 0.337 e. The highest BCUT2D eigenvalue weighted by molar-refractivity contribution is 7.98. The summed E-state index contributed by atoms with van der Waals surface area (Å²) in [6.45, 7) is 0.741. The first-order chi connectivity index (χ1) is 12.1. The number of hydrogen-bond acceptors (Lipinski definition) is 5. The van der Waals surface area contributed by atoms with Crippen LogP contribution in [0.15, 0.2) is 41.0 Å². The van der Waals surface area contributed by atoms with Crippen LogP contribution in [-0.2, 0) is 10.5 Å². The largest absolute Gasteiger partial charge is 0.468 e. The van der Waals surface area contributed by atoms with E-state index in [-0.39, 0.29) is 0 Å².